The van der Waals surface area contributed by atoms with Gasteiger partial charge in [-0.25, -0.2) is 4.79 Å². The van der Waals surface area contributed by atoms with Crippen LogP contribution in [0.15, 0.2) is 39.5 Å². The quantitative estimate of drug-likeness (QED) is 0.769. The summed E-state index contributed by atoms with van der Waals surface area (Å²) in [4.78, 5) is 24.1. The van der Waals surface area contributed by atoms with Gasteiger partial charge >= 0.3 is 5.63 Å². The second-order valence-electron chi connectivity index (χ2n) is 5.36. The summed E-state index contributed by atoms with van der Waals surface area (Å²) >= 11 is 0. The van der Waals surface area contributed by atoms with Crippen LogP contribution in [0.1, 0.15) is 36.5 Å². The minimum atomic E-state index is -0.634. The van der Waals surface area contributed by atoms with Crippen LogP contribution in [0.5, 0.6) is 0 Å². The smallest absolute Gasteiger partial charge is 0.349 e. The molecule has 0 fully saturated rings. The first-order valence-electron chi connectivity index (χ1n) is 7.57. The van der Waals surface area contributed by atoms with Crippen molar-refractivity contribution in [3.63, 3.8) is 0 Å². The van der Waals surface area contributed by atoms with E-state index in [1.165, 1.54) is 0 Å². The Labute approximate surface area is 129 Å². The number of nitrogens with one attached hydrogen (secondary N) is 1. The van der Waals surface area contributed by atoms with E-state index in [4.69, 9.17) is 9.52 Å². The Morgan fingerprint density at radius 2 is 2.09 bits per heavy atom. The van der Waals surface area contributed by atoms with E-state index in [0.717, 1.165) is 12.8 Å². The molecule has 1 atom stereocenters. The first-order chi connectivity index (χ1) is 10.7. The molecule has 0 bridgehead atoms. The predicted octanol–water partition coefficient (Wildman–Crippen LogP) is 2.32. The van der Waals surface area contributed by atoms with Crippen molar-refractivity contribution in [2.24, 2.45) is 5.92 Å². The summed E-state index contributed by atoms with van der Waals surface area (Å²) in [6.07, 6.45) is 2.55. The molecule has 0 saturated carbocycles. The van der Waals surface area contributed by atoms with Gasteiger partial charge in [0.2, 0.25) is 0 Å². The molecule has 5 heteroatoms. The molecule has 2 N–H and O–H groups in total. The number of hydrogen-bond acceptors (Lipinski definition) is 4. The van der Waals surface area contributed by atoms with Crippen LogP contribution in [0.25, 0.3) is 11.0 Å². The minimum absolute atomic E-state index is 0.0120. The molecule has 2 rings (SSSR count). The summed E-state index contributed by atoms with van der Waals surface area (Å²) in [7, 11) is 0. The number of fused-ring (bicyclic) bond motifs is 1. The number of aliphatic hydroxyl groups is 1. The van der Waals surface area contributed by atoms with Crippen LogP contribution < -0.4 is 10.9 Å². The molecule has 0 aliphatic carbocycles. The molecule has 5 nitrogen and oxygen atoms in total. The largest absolute Gasteiger partial charge is 0.422 e. The third-order valence-corrected chi connectivity index (χ3v) is 3.67. The van der Waals surface area contributed by atoms with Crippen molar-refractivity contribution < 1.29 is 14.3 Å². The Morgan fingerprint density at radius 3 is 2.82 bits per heavy atom. The number of benzene rings is 1. The highest BCUT2D eigenvalue weighted by molar-refractivity contribution is 5.96. The van der Waals surface area contributed by atoms with E-state index in [9.17, 15) is 9.59 Å². The molecule has 1 amide bonds. The first kappa shape index (κ1) is 16.2. The molecule has 1 unspecified atom stereocenters. The van der Waals surface area contributed by atoms with E-state index >= 15 is 0 Å². The van der Waals surface area contributed by atoms with E-state index in [-0.39, 0.29) is 18.1 Å². The average molecular weight is 303 g/mol. The maximum atomic E-state index is 12.2. The fraction of sp³-hybridized carbons (Fsp3) is 0.412. The standard InChI is InChI=1S/C17H21NO4/c1-2-5-12(8-9-19)11-18-16(20)14-10-13-6-3-4-7-15(13)22-17(14)21/h3-4,6-7,10,12,19H,2,5,8-9,11H2,1H3,(H,18,20). The number of aliphatic hydroxyl groups excluding tert-OH is 1. The molecular weight excluding hydrogens is 282 g/mol. The van der Waals surface area contributed by atoms with Crippen molar-refractivity contribution in [3.8, 4) is 0 Å². The second-order valence-corrected chi connectivity index (χ2v) is 5.36. The van der Waals surface area contributed by atoms with Crippen LogP contribution in [0, 0.1) is 5.92 Å². The Balaban J connectivity index is 2.12. The lowest BCUT2D eigenvalue weighted by atomic mass is 10.00. The highest BCUT2D eigenvalue weighted by atomic mass is 16.4. The lowest BCUT2D eigenvalue weighted by Gasteiger charge is -2.15. The van der Waals surface area contributed by atoms with Gasteiger partial charge in [0, 0.05) is 18.5 Å². The molecule has 22 heavy (non-hydrogen) atoms. The van der Waals surface area contributed by atoms with Crippen molar-refractivity contribution in [1.29, 1.82) is 0 Å². The second kappa shape index (κ2) is 7.75. The maximum absolute atomic E-state index is 12.2. The van der Waals surface area contributed by atoms with Crippen molar-refractivity contribution in [2.75, 3.05) is 13.2 Å². The Morgan fingerprint density at radius 1 is 1.32 bits per heavy atom. The number of para-hydroxylation sites is 1. The van der Waals surface area contributed by atoms with E-state index in [2.05, 4.69) is 12.2 Å². The fourth-order valence-corrected chi connectivity index (χ4v) is 2.49. The van der Waals surface area contributed by atoms with Gasteiger partial charge in [-0.15, -0.1) is 0 Å². The Hall–Kier alpha value is -2.14. The highest BCUT2D eigenvalue weighted by Gasteiger charge is 2.15. The molecule has 0 spiro atoms. The number of carbonyl (C=O) groups excluding carboxylic acids is 1. The van der Waals surface area contributed by atoms with Crippen LogP contribution in [0.2, 0.25) is 0 Å². The summed E-state index contributed by atoms with van der Waals surface area (Å²) in [5.74, 6) is -0.218. The molecule has 2 aromatic rings. The van der Waals surface area contributed by atoms with Gasteiger partial charge < -0.3 is 14.8 Å². The van der Waals surface area contributed by atoms with Gasteiger partial charge in [-0.1, -0.05) is 31.5 Å². The minimum Gasteiger partial charge on any atom is -0.422 e. The SMILES string of the molecule is CCCC(CCO)CNC(=O)c1cc2ccccc2oc1=O. The van der Waals surface area contributed by atoms with Gasteiger partial charge in [-0.05, 0) is 30.9 Å². The molecular formula is C17H21NO4. The summed E-state index contributed by atoms with van der Waals surface area (Å²) in [6.45, 7) is 2.60. The van der Waals surface area contributed by atoms with E-state index < -0.39 is 11.5 Å². The maximum Gasteiger partial charge on any atom is 0.349 e. The van der Waals surface area contributed by atoms with Gasteiger partial charge in [-0.3, -0.25) is 4.79 Å². The summed E-state index contributed by atoms with van der Waals surface area (Å²) in [5.41, 5.74) is -0.156. The Kier molecular flexibility index (Phi) is 5.72. The zero-order valence-electron chi connectivity index (χ0n) is 12.7. The summed E-state index contributed by atoms with van der Waals surface area (Å²) in [5, 5.41) is 12.5. The molecule has 1 aromatic carbocycles. The van der Waals surface area contributed by atoms with Crippen LogP contribution in [0.4, 0.5) is 0 Å². The van der Waals surface area contributed by atoms with E-state index in [0.29, 0.717) is 23.9 Å². The Bertz CT molecular complexity index is 686. The highest BCUT2D eigenvalue weighted by Crippen LogP contribution is 2.13. The van der Waals surface area contributed by atoms with Gasteiger partial charge in [0.15, 0.2) is 0 Å². The molecule has 0 aliphatic heterocycles. The summed E-state index contributed by atoms with van der Waals surface area (Å²) < 4.78 is 5.16. The van der Waals surface area contributed by atoms with Crippen LogP contribution in [0.3, 0.4) is 0 Å². The van der Waals surface area contributed by atoms with E-state index in [1.807, 2.05) is 6.07 Å². The molecule has 0 saturated heterocycles. The fourth-order valence-electron chi connectivity index (χ4n) is 2.49. The van der Waals surface area contributed by atoms with Crippen molar-refractivity contribution in [3.05, 3.63) is 46.3 Å². The topological polar surface area (TPSA) is 79.5 Å². The van der Waals surface area contributed by atoms with Gasteiger partial charge in [0.1, 0.15) is 11.1 Å². The first-order valence-corrected chi connectivity index (χ1v) is 7.57. The number of rotatable bonds is 7. The lowest BCUT2D eigenvalue weighted by Crippen LogP contribution is -2.32. The van der Waals surface area contributed by atoms with Crippen molar-refractivity contribution in [1.82, 2.24) is 5.32 Å². The van der Waals surface area contributed by atoms with Crippen LogP contribution >= 0.6 is 0 Å². The molecule has 1 heterocycles. The third-order valence-electron chi connectivity index (χ3n) is 3.67. The molecule has 1 aromatic heterocycles. The predicted molar refractivity (Wildman–Crippen MR) is 84.9 cm³/mol. The zero-order chi connectivity index (χ0) is 15.9. The average Bonchev–Trinajstić information content (AvgIpc) is 2.52. The number of amides is 1. The summed E-state index contributed by atoms with van der Waals surface area (Å²) in [6, 6.07) is 8.63. The van der Waals surface area contributed by atoms with Gasteiger partial charge in [0.05, 0.1) is 0 Å². The normalized spacial score (nSPS) is 12.3. The van der Waals surface area contributed by atoms with Gasteiger partial charge in [0.25, 0.3) is 5.91 Å². The van der Waals surface area contributed by atoms with Crippen molar-refractivity contribution in [2.45, 2.75) is 26.2 Å². The third kappa shape index (κ3) is 3.95. The molecule has 0 aliphatic rings. The van der Waals surface area contributed by atoms with Gasteiger partial charge in [-0.2, -0.15) is 0 Å². The zero-order valence-corrected chi connectivity index (χ0v) is 12.7. The number of carbonyl (C=O) groups is 1. The molecule has 0 radical (unpaired) electrons. The molecule has 118 valence electrons. The monoisotopic (exact) mass is 303 g/mol. The lowest BCUT2D eigenvalue weighted by molar-refractivity contribution is 0.0939. The number of hydrogen-bond donors (Lipinski definition) is 2. The van der Waals surface area contributed by atoms with E-state index in [1.54, 1.807) is 24.3 Å². The van der Waals surface area contributed by atoms with Crippen LogP contribution in [-0.4, -0.2) is 24.2 Å². The van der Waals surface area contributed by atoms with Crippen LogP contribution in [-0.2, 0) is 0 Å². The van der Waals surface area contributed by atoms with Crippen molar-refractivity contribution >= 4 is 16.9 Å².